The zero-order valence-corrected chi connectivity index (χ0v) is 20.5. The Balaban J connectivity index is 1.63. The molecule has 0 spiro atoms. The van der Waals surface area contributed by atoms with Gasteiger partial charge in [-0.2, -0.15) is 0 Å². The van der Waals surface area contributed by atoms with Gasteiger partial charge in [0.2, 0.25) is 11.8 Å². The van der Waals surface area contributed by atoms with E-state index in [1.165, 1.54) is 6.08 Å². The highest BCUT2D eigenvalue weighted by molar-refractivity contribution is 5.92. The number of benzene rings is 2. The van der Waals surface area contributed by atoms with E-state index in [0.29, 0.717) is 45.0 Å². The third-order valence-corrected chi connectivity index (χ3v) is 5.50. The quantitative estimate of drug-likeness (QED) is 0.248. The van der Waals surface area contributed by atoms with E-state index in [1.54, 1.807) is 6.92 Å². The number of ether oxygens (including phenoxy) is 1. The monoisotopic (exact) mass is 462 g/mol. The van der Waals surface area contributed by atoms with Gasteiger partial charge in [0.05, 0.1) is 0 Å². The minimum atomic E-state index is -0.0471. The Kier molecular flexibility index (Phi) is 12.4. The fraction of sp³-hybridized carbons (Fsp3) is 0.379. The second-order valence-electron chi connectivity index (χ2n) is 8.47. The van der Waals surface area contributed by atoms with Gasteiger partial charge in [0.15, 0.2) is 0 Å². The van der Waals surface area contributed by atoms with Crippen LogP contribution in [0.2, 0.25) is 0 Å². The zero-order valence-electron chi connectivity index (χ0n) is 20.5. The first-order chi connectivity index (χ1) is 16.5. The van der Waals surface area contributed by atoms with Crippen LogP contribution >= 0.6 is 0 Å². The fourth-order valence-corrected chi connectivity index (χ4v) is 3.64. The van der Waals surface area contributed by atoms with Crippen LogP contribution in [0.15, 0.2) is 85.5 Å². The van der Waals surface area contributed by atoms with Gasteiger partial charge in [-0.25, -0.2) is 0 Å². The van der Waals surface area contributed by atoms with Crippen molar-refractivity contribution < 1.29 is 14.3 Å². The first-order valence-electron chi connectivity index (χ1n) is 12.0. The van der Waals surface area contributed by atoms with Gasteiger partial charge in [-0.05, 0) is 49.8 Å². The van der Waals surface area contributed by atoms with Gasteiger partial charge in [0.1, 0.15) is 0 Å². The maximum absolute atomic E-state index is 12.5. The van der Waals surface area contributed by atoms with Crippen LogP contribution in [-0.2, 0) is 27.4 Å². The predicted molar refractivity (Wildman–Crippen MR) is 138 cm³/mol. The number of unbranched alkanes of at least 4 members (excludes halogenated alkanes) is 2. The lowest BCUT2D eigenvalue weighted by molar-refractivity contribution is -0.128. The number of amides is 2. The molecule has 0 saturated heterocycles. The SMILES string of the molecule is C=CC(=O)N(CCCCOCCCCN(Cc1ccccc1)C(=O)C(=C)C)Cc1ccccc1. The molecule has 0 bridgehead atoms. The number of hydrogen-bond donors (Lipinski definition) is 0. The summed E-state index contributed by atoms with van der Waals surface area (Å²) in [6, 6.07) is 20.0. The molecule has 2 aromatic carbocycles. The van der Waals surface area contributed by atoms with E-state index in [-0.39, 0.29) is 11.8 Å². The molecule has 2 rings (SSSR count). The van der Waals surface area contributed by atoms with Crippen LogP contribution in [0.25, 0.3) is 0 Å². The Morgan fingerprint density at radius 1 is 0.794 bits per heavy atom. The van der Waals surface area contributed by atoms with Crippen molar-refractivity contribution in [2.24, 2.45) is 0 Å². The van der Waals surface area contributed by atoms with Crippen LogP contribution in [0.4, 0.5) is 0 Å². The summed E-state index contributed by atoms with van der Waals surface area (Å²) in [7, 11) is 0. The topological polar surface area (TPSA) is 49.9 Å². The number of carbonyl (C=O) groups is 2. The molecule has 0 atom stereocenters. The highest BCUT2D eigenvalue weighted by Gasteiger charge is 2.14. The molecule has 0 aliphatic rings. The van der Waals surface area contributed by atoms with E-state index in [9.17, 15) is 9.59 Å². The summed E-state index contributed by atoms with van der Waals surface area (Å²) in [5.41, 5.74) is 2.79. The molecular weight excluding hydrogens is 424 g/mol. The molecule has 5 nitrogen and oxygen atoms in total. The molecule has 0 radical (unpaired) electrons. The Morgan fingerprint density at radius 3 is 1.74 bits per heavy atom. The lowest BCUT2D eigenvalue weighted by Gasteiger charge is -2.23. The number of nitrogens with zero attached hydrogens (tertiary/aromatic N) is 2. The van der Waals surface area contributed by atoms with Crippen molar-refractivity contribution >= 4 is 11.8 Å². The van der Waals surface area contributed by atoms with Crippen LogP contribution in [0.3, 0.4) is 0 Å². The molecule has 0 heterocycles. The smallest absolute Gasteiger partial charge is 0.249 e. The van der Waals surface area contributed by atoms with Gasteiger partial charge in [0, 0.05) is 45.0 Å². The molecule has 34 heavy (non-hydrogen) atoms. The summed E-state index contributed by atoms with van der Waals surface area (Å²) < 4.78 is 5.78. The molecular formula is C29H38N2O3. The van der Waals surface area contributed by atoms with Crippen LogP contribution in [-0.4, -0.2) is 47.9 Å². The summed E-state index contributed by atoms with van der Waals surface area (Å²) in [5.74, 6) is -0.0481. The Labute approximate surface area is 204 Å². The standard InChI is InChI=1S/C29H38N2O3/c1-4-28(32)30(23-26-15-7-5-8-16-26)19-11-13-21-34-22-14-12-20-31(29(33)25(2)3)24-27-17-9-6-10-18-27/h4-10,15-18H,1-2,11-14,19-24H2,3H3. The lowest BCUT2D eigenvalue weighted by atomic mass is 10.2. The largest absolute Gasteiger partial charge is 0.381 e. The van der Waals surface area contributed by atoms with E-state index >= 15 is 0 Å². The molecule has 0 N–H and O–H groups in total. The second-order valence-corrected chi connectivity index (χ2v) is 8.47. The van der Waals surface area contributed by atoms with Crippen molar-refractivity contribution in [1.82, 2.24) is 9.80 Å². The van der Waals surface area contributed by atoms with E-state index in [4.69, 9.17) is 4.74 Å². The van der Waals surface area contributed by atoms with Crippen molar-refractivity contribution in [2.45, 2.75) is 45.7 Å². The Morgan fingerprint density at radius 2 is 1.26 bits per heavy atom. The van der Waals surface area contributed by atoms with Gasteiger partial charge < -0.3 is 14.5 Å². The molecule has 0 aliphatic carbocycles. The van der Waals surface area contributed by atoms with E-state index in [1.807, 2.05) is 70.5 Å². The molecule has 0 aliphatic heterocycles. The minimum Gasteiger partial charge on any atom is -0.381 e. The van der Waals surface area contributed by atoms with Crippen molar-refractivity contribution in [3.05, 3.63) is 96.6 Å². The summed E-state index contributed by atoms with van der Waals surface area (Å²) in [6.45, 7) is 13.1. The van der Waals surface area contributed by atoms with E-state index in [0.717, 1.165) is 36.8 Å². The molecule has 0 aromatic heterocycles. The average Bonchev–Trinajstić information content (AvgIpc) is 2.86. The summed E-state index contributed by atoms with van der Waals surface area (Å²) in [6.07, 6.45) is 4.92. The number of hydrogen-bond acceptors (Lipinski definition) is 3. The lowest BCUT2D eigenvalue weighted by Crippen LogP contribution is -2.32. The molecule has 2 amide bonds. The third kappa shape index (κ3) is 10.2. The van der Waals surface area contributed by atoms with E-state index in [2.05, 4.69) is 13.2 Å². The molecule has 0 fully saturated rings. The first-order valence-corrected chi connectivity index (χ1v) is 12.0. The van der Waals surface area contributed by atoms with Crippen LogP contribution in [0, 0.1) is 0 Å². The summed E-state index contributed by atoms with van der Waals surface area (Å²) in [5, 5.41) is 0. The summed E-state index contributed by atoms with van der Waals surface area (Å²) >= 11 is 0. The molecule has 0 unspecified atom stereocenters. The van der Waals surface area contributed by atoms with Gasteiger partial charge in [-0.3, -0.25) is 9.59 Å². The van der Waals surface area contributed by atoms with Crippen molar-refractivity contribution in [3.8, 4) is 0 Å². The van der Waals surface area contributed by atoms with Crippen LogP contribution < -0.4 is 0 Å². The number of rotatable bonds is 16. The molecule has 182 valence electrons. The maximum atomic E-state index is 12.5. The highest BCUT2D eigenvalue weighted by atomic mass is 16.5. The van der Waals surface area contributed by atoms with Crippen molar-refractivity contribution in [1.29, 1.82) is 0 Å². The van der Waals surface area contributed by atoms with E-state index < -0.39 is 0 Å². The summed E-state index contributed by atoms with van der Waals surface area (Å²) in [4.78, 5) is 28.3. The number of carbonyl (C=O) groups excluding carboxylic acids is 2. The Hall–Kier alpha value is -3.18. The maximum Gasteiger partial charge on any atom is 0.249 e. The Bertz CT molecular complexity index is 896. The second kappa shape index (κ2) is 15.6. The van der Waals surface area contributed by atoms with Crippen molar-refractivity contribution in [3.63, 3.8) is 0 Å². The van der Waals surface area contributed by atoms with Crippen LogP contribution in [0.1, 0.15) is 43.7 Å². The molecule has 0 saturated carbocycles. The van der Waals surface area contributed by atoms with Crippen LogP contribution in [0.5, 0.6) is 0 Å². The normalized spacial score (nSPS) is 10.5. The van der Waals surface area contributed by atoms with Gasteiger partial charge >= 0.3 is 0 Å². The predicted octanol–water partition coefficient (Wildman–Crippen LogP) is 5.38. The zero-order chi connectivity index (χ0) is 24.6. The van der Waals surface area contributed by atoms with Crippen molar-refractivity contribution in [2.75, 3.05) is 26.3 Å². The first kappa shape index (κ1) is 27.1. The third-order valence-electron chi connectivity index (χ3n) is 5.50. The van der Waals surface area contributed by atoms with Gasteiger partial charge in [0.25, 0.3) is 0 Å². The minimum absolute atomic E-state index is 0.00102. The molecule has 5 heteroatoms. The highest BCUT2D eigenvalue weighted by Crippen LogP contribution is 2.10. The van der Waals surface area contributed by atoms with Gasteiger partial charge in [-0.15, -0.1) is 0 Å². The average molecular weight is 463 g/mol. The fourth-order valence-electron chi connectivity index (χ4n) is 3.64. The molecule has 2 aromatic rings. The van der Waals surface area contributed by atoms with Gasteiger partial charge in [-0.1, -0.05) is 73.8 Å².